The number of likely N-dealkylation sites (tertiary alicyclic amines) is 1. The Kier molecular flexibility index (Phi) is 5.34. The van der Waals surface area contributed by atoms with Gasteiger partial charge in [0, 0.05) is 36.5 Å². The number of halogens is 3. The molecule has 0 spiro atoms. The van der Waals surface area contributed by atoms with Crippen molar-refractivity contribution in [1.29, 1.82) is 0 Å². The van der Waals surface area contributed by atoms with Crippen LogP contribution in [0.2, 0.25) is 0 Å². The number of anilines is 1. The highest BCUT2D eigenvalue weighted by atomic mass is 19.4. The average molecular weight is 456 g/mol. The second-order valence-electron chi connectivity index (χ2n) is 8.74. The highest BCUT2D eigenvalue weighted by Gasteiger charge is 2.49. The molecule has 2 N–H and O–H groups in total. The number of carbonyl (C=O) groups excluding carboxylic acids is 2. The lowest BCUT2D eigenvalue weighted by Gasteiger charge is -2.24. The Morgan fingerprint density at radius 1 is 1.12 bits per heavy atom. The van der Waals surface area contributed by atoms with Gasteiger partial charge in [-0.05, 0) is 55.7 Å². The maximum Gasteiger partial charge on any atom is 0.416 e. The number of para-hydroxylation sites is 2. The Hall–Kier alpha value is -3.36. The molecule has 3 atom stereocenters. The van der Waals surface area contributed by atoms with Crippen LogP contribution >= 0.6 is 0 Å². The molecule has 3 aromatic rings. The Bertz CT molecular complexity index is 1160. The van der Waals surface area contributed by atoms with Crippen LogP contribution in [0.1, 0.15) is 43.0 Å². The summed E-state index contributed by atoms with van der Waals surface area (Å²) in [6.07, 6.45) is -2.01. The van der Waals surface area contributed by atoms with Gasteiger partial charge >= 0.3 is 6.18 Å². The van der Waals surface area contributed by atoms with Gasteiger partial charge in [0.1, 0.15) is 5.82 Å². The number of hydrogen-bond donors (Lipinski definition) is 2. The Labute approximate surface area is 188 Å². The van der Waals surface area contributed by atoms with E-state index in [9.17, 15) is 22.8 Å². The molecular formula is C24H23F3N4O2. The number of H-pyrrole nitrogens is 1. The molecule has 1 saturated carbocycles. The SMILES string of the molecule is O=C(C[C@@H]1CCCN1C(=O)[C@@H]1C[C@H]1c1nc2ccccc2[nH]1)Nc1ccc(C(F)(F)F)cc1. The van der Waals surface area contributed by atoms with Gasteiger partial charge in [0.15, 0.2) is 0 Å². The van der Waals surface area contributed by atoms with Crippen LogP contribution in [0.15, 0.2) is 48.5 Å². The largest absolute Gasteiger partial charge is 0.416 e. The van der Waals surface area contributed by atoms with Crippen molar-refractivity contribution in [3.8, 4) is 0 Å². The fraction of sp³-hybridized carbons (Fsp3) is 0.375. The fourth-order valence-electron chi connectivity index (χ4n) is 4.64. The number of aromatic amines is 1. The van der Waals surface area contributed by atoms with E-state index in [1.807, 2.05) is 24.3 Å². The van der Waals surface area contributed by atoms with E-state index in [2.05, 4.69) is 15.3 Å². The van der Waals surface area contributed by atoms with Gasteiger partial charge in [0.2, 0.25) is 11.8 Å². The summed E-state index contributed by atoms with van der Waals surface area (Å²) in [6.45, 7) is 0.612. The van der Waals surface area contributed by atoms with Crippen LogP contribution in [0.25, 0.3) is 11.0 Å². The molecule has 1 aliphatic heterocycles. The van der Waals surface area contributed by atoms with Crippen LogP contribution in [0, 0.1) is 5.92 Å². The molecule has 1 saturated heterocycles. The van der Waals surface area contributed by atoms with Gasteiger partial charge in [0.25, 0.3) is 0 Å². The molecule has 1 aliphatic carbocycles. The van der Waals surface area contributed by atoms with Crippen LogP contribution in [-0.4, -0.2) is 39.3 Å². The van der Waals surface area contributed by atoms with E-state index in [-0.39, 0.29) is 36.1 Å². The molecule has 33 heavy (non-hydrogen) atoms. The first kappa shape index (κ1) is 21.5. The number of hydrogen-bond acceptors (Lipinski definition) is 3. The minimum absolute atomic E-state index is 0.0466. The standard InChI is InChI=1S/C24H23F3N4O2/c25-24(26,27)14-7-9-15(10-8-14)28-21(32)12-16-4-3-11-31(16)23(33)18-13-17(18)22-29-19-5-1-2-6-20(19)30-22/h1-2,5-10,16-18H,3-4,11-13H2,(H,28,32)(H,29,30)/t16-,17+,18+/m0/s1. The quantitative estimate of drug-likeness (QED) is 0.584. The monoisotopic (exact) mass is 456 g/mol. The van der Waals surface area contributed by atoms with Crippen LogP contribution in [-0.2, 0) is 15.8 Å². The van der Waals surface area contributed by atoms with Crippen molar-refractivity contribution in [2.75, 3.05) is 11.9 Å². The van der Waals surface area contributed by atoms with Crippen molar-refractivity contribution >= 4 is 28.5 Å². The molecular weight excluding hydrogens is 433 g/mol. The number of carbonyl (C=O) groups is 2. The molecule has 9 heteroatoms. The molecule has 0 radical (unpaired) electrons. The van der Waals surface area contributed by atoms with E-state index in [1.165, 1.54) is 12.1 Å². The molecule has 172 valence electrons. The minimum atomic E-state index is -4.42. The van der Waals surface area contributed by atoms with E-state index in [0.717, 1.165) is 48.3 Å². The fourth-order valence-corrected chi connectivity index (χ4v) is 4.64. The van der Waals surface area contributed by atoms with E-state index in [1.54, 1.807) is 4.90 Å². The van der Waals surface area contributed by atoms with E-state index < -0.39 is 11.7 Å². The molecule has 6 nitrogen and oxygen atoms in total. The smallest absolute Gasteiger partial charge is 0.342 e. The van der Waals surface area contributed by atoms with Crippen molar-refractivity contribution < 1.29 is 22.8 Å². The summed E-state index contributed by atoms with van der Waals surface area (Å²) < 4.78 is 38.1. The lowest BCUT2D eigenvalue weighted by atomic mass is 10.1. The number of aromatic nitrogens is 2. The summed E-state index contributed by atoms with van der Waals surface area (Å²) in [5.74, 6) is 0.482. The number of nitrogens with zero attached hydrogens (tertiary/aromatic N) is 2. The van der Waals surface area contributed by atoms with Crippen molar-refractivity contribution in [2.24, 2.45) is 5.92 Å². The number of amides is 2. The zero-order valence-electron chi connectivity index (χ0n) is 17.7. The van der Waals surface area contributed by atoms with Crippen molar-refractivity contribution in [3.63, 3.8) is 0 Å². The highest BCUT2D eigenvalue weighted by molar-refractivity contribution is 5.92. The normalized spacial score (nSPS) is 22.5. The number of fused-ring (bicyclic) bond motifs is 1. The Morgan fingerprint density at radius 2 is 1.88 bits per heavy atom. The Balaban J connectivity index is 1.19. The van der Waals surface area contributed by atoms with Crippen LogP contribution in [0.3, 0.4) is 0 Å². The van der Waals surface area contributed by atoms with Gasteiger partial charge in [-0.25, -0.2) is 4.98 Å². The molecule has 0 bridgehead atoms. The molecule has 2 heterocycles. The maximum absolute atomic E-state index is 13.1. The van der Waals surface area contributed by atoms with E-state index in [0.29, 0.717) is 12.2 Å². The second kappa shape index (κ2) is 8.20. The number of nitrogens with one attached hydrogen (secondary N) is 2. The number of benzene rings is 2. The zero-order chi connectivity index (χ0) is 23.2. The van der Waals surface area contributed by atoms with E-state index >= 15 is 0 Å². The van der Waals surface area contributed by atoms with Gasteiger partial charge in [-0.2, -0.15) is 13.2 Å². The number of alkyl halides is 3. The molecule has 0 unspecified atom stereocenters. The molecule has 1 aromatic heterocycles. The summed E-state index contributed by atoms with van der Waals surface area (Å²) in [4.78, 5) is 35.3. The third kappa shape index (κ3) is 4.44. The summed E-state index contributed by atoms with van der Waals surface area (Å²) in [7, 11) is 0. The zero-order valence-corrected chi connectivity index (χ0v) is 17.7. The molecule has 2 fully saturated rings. The first-order valence-electron chi connectivity index (χ1n) is 11.0. The lowest BCUT2D eigenvalue weighted by Crippen LogP contribution is -2.39. The molecule has 5 rings (SSSR count). The van der Waals surface area contributed by atoms with Gasteiger partial charge < -0.3 is 15.2 Å². The van der Waals surface area contributed by atoms with Crippen LogP contribution < -0.4 is 5.32 Å². The van der Waals surface area contributed by atoms with Crippen molar-refractivity contribution in [3.05, 3.63) is 59.9 Å². The average Bonchev–Trinajstić information content (AvgIpc) is 3.24. The summed E-state index contributed by atoms with van der Waals surface area (Å²) in [5.41, 5.74) is 1.36. The first-order chi connectivity index (χ1) is 15.8. The van der Waals surface area contributed by atoms with Gasteiger partial charge in [-0.1, -0.05) is 12.1 Å². The first-order valence-corrected chi connectivity index (χ1v) is 11.0. The summed E-state index contributed by atoms with van der Waals surface area (Å²) in [6, 6.07) is 11.9. The number of rotatable bonds is 5. The van der Waals surface area contributed by atoms with Gasteiger partial charge in [0.05, 0.1) is 16.6 Å². The van der Waals surface area contributed by atoms with Gasteiger partial charge in [-0.15, -0.1) is 0 Å². The number of imidazole rings is 1. The lowest BCUT2D eigenvalue weighted by molar-refractivity contribution is -0.137. The van der Waals surface area contributed by atoms with Crippen LogP contribution in [0.4, 0.5) is 18.9 Å². The summed E-state index contributed by atoms with van der Waals surface area (Å²) >= 11 is 0. The third-order valence-electron chi connectivity index (χ3n) is 6.44. The summed E-state index contributed by atoms with van der Waals surface area (Å²) in [5, 5.41) is 2.64. The second-order valence-corrected chi connectivity index (χ2v) is 8.74. The predicted molar refractivity (Wildman–Crippen MR) is 116 cm³/mol. The highest BCUT2D eigenvalue weighted by Crippen LogP contribution is 2.48. The minimum Gasteiger partial charge on any atom is -0.342 e. The Morgan fingerprint density at radius 3 is 2.61 bits per heavy atom. The maximum atomic E-state index is 13.1. The van der Waals surface area contributed by atoms with Gasteiger partial charge in [-0.3, -0.25) is 9.59 Å². The molecule has 2 aromatic carbocycles. The van der Waals surface area contributed by atoms with E-state index in [4.69, 9.17) is 0 Å². The predicted octanol–water partition coefficient (Wildman–Crippen LogP) is 4.71. The third-order valence-corrected chi connectivity index (χ3v) is 6.44. The topological polar surface area (TPSA) is 78.1 Å². The molecule has 2 aliphatic rings. The molecule has 2 amide bonds. The van der Waals surface area contributed by atoms with Crippen molar-refractivity contribution in [1.82, 2.24) is 14.9 Å². The van der Waals surface area contributed by atoms with Crippen LogP contribution in [0.5, 0.6) is 0 Å². The van der Waals surface area contributed by atoms with Crippen molar-refractivity contribution in [2.45, 2.75) is 43.8 Å².